The van der Waals surface area contributed by atoms with Crippen molar-refractivity contribution in [2.24, 2.45) is 4.99 Å². The van der Waals surface area contributed by atoms with Crippen LogP contribution in [0.2, 0.25) is 5.02 Å². The normalized spacial score (nSPS) is 17.1. The molecule has 1 aliphatic rings. The van der Waals surface area contributed by atoms with Crippen LogP contribution in [0.25, 0.3) is 0 Å². The lowest BCUT2D eigenvalue weighted by Crippen LogP contribution is -2.33. The molecule has 162 valence electrons. The molecular weight excluding hydrogens is 434 g/mol. The van der Waals surface area contributed by atoms with Crippen molar-refractivity contribution in [3.8, 4) is 5.75 Å². The van der Waals surface area contributed by atoms with Gasteiger partial charge in [-0.25, -0.2) is 4.99 Å². The van der Waals surface area contributed by atoms with Crippen LogP contribution < -0.4 is 10.1 Å². The van der Waals surface area contributed by atoms with Gasteiger partial charge < -0.3 is 10.1 Å². The Labute approximate surface area is 191 Å². The van der Waals surface area contributed by atoms with E-state index in [0.29, 0.717) is 34.7 Å². The zero-order valence-electron chi connectivity index (χ0n) is 17.2. The molecule has 1 saturated heterocycles. The van der Waals surface area contributed by atoms with E-state index < -0.39 is 5.25 Å². The number of hydrogen-bond donors (Lipinski definition) is 1. The first-order chi connectivity index (χ1) is 15.0. The third kappa shape index (κ3) is 6.35. The largest absolute Gasteiger partial charge is 0.494 e. The highest BCUT2D eigenvalue weighted by atomic mass is 35.5. The Morgan fingerprint density at radius 3 is 2.61 bits per heavy atom. The summed E-state index contributed by atoms with van der Waals surface area (Å²) in [6, 6.07) is 14.2. The summed E-state index contributed by atoms with van der Waals surface area (Å²) in [5.74, 6) is 0.361. The van der Waals surface area contributed by atoms with Crippen LogP contribution >= 0.6 is 23.4 Å². The maximum atomic E-state index is 12.8. The number of rotatable bonds is 9. The Hall–Kier alpha value is -2.77. The molecule has 2 amide bonds. The molecule has 0 unspecified atom stereocenters. The van der Waals surface area contributed by atoms with Gasteiger partial charge in [-0.05, 0) is 55.0 Å². The summed E-state index contributed by atoms with van der Waals surface area (Å²) in [7, 11) is 0. The van der Waals surface area contributed by atoms with Gasteiger partial charge in [-0.2, -0.15) is 0 Å². The van der Waals surface area contributed by atoms with Gasteiger partial charge >= 0.3 is 0 Å². The molecule has 31 heavy (non-hydrogen) atoms. The molecule has 0 spiro atoms. The SMILES string of the molecule is C=CCN1C(=O)[C@H](CC(=O)Nc2ccc(OCCC)cc2)SC1=Nc1ccc(Cl)cc1. The lowest BCUT2D eigenvalue weighted by molar-refractivity contribution is -0.127. The number of aliphatic imine (C=N–C) groups is 1. The fourth-order valence-electron chi connectivity index (χ4n) is 2.88. The van der Waals surface area contributed by atoms with Crippen molar-refractivity contribution in [3.05, 3.63) is 66.2 Å². The number of nitrogens with zero attached hydrogens (tertiary/aromatic N) is 2. The number of nitrogens with one attached hydrogen (secondary N) is 1. The van der Waals surface area contributed by atoms with Crippen LogP contribution in [-0.2, 0) is 9.59 Å². The van der Waals surface area contributed by atoms with Crippen LogP contribution in [0.5, 0.6) is 5.75 Å². The summed E-state index contributed by atoms with van der Waals surface area (Å²) in [6.07, 6.45) is 2.61. The van der Waals surface area contributed by atoms with E-state index in [1.165, 1.54) is 11.8 Å². The second kappa shape index (κ2) is 11.0. The molecule has 0 saturated carbocycles. The average Bonchev–Trinajstić information content (AvgIpc) is 3.04. The molecule has 1 aliphatic heterocycles. The van der Waals surface area contributed by atoms with Gasteiger partial charge in [0.1, 0.15) is 11.0 Å². The molecule has 0 aliphatic carbocycles. The van der Waals surface area contributed by atoms with Crippen LogP contribution in [0.4, 0.5) is 11.4 Å². The van der Waals surface area contributed by atoms with Crippen molar-refractivity contribution in [3.63, 3.8) is 0 Å². The smallest absolute Gasteiger partial charge is 0.242 e. The molecule has 2 aromatic carbocycles. The molecule has 1 fully saturated rings. The molecule has 1 N–H and O–H groups in total. The van der Waals surface area contributed by atoms with Crippen molar-refractivity contribution < 1.29 is 14.3 Å². The maximum absolute atomic E-state index is 12.8. The number of benzene rings is 2. The van der Waals surface area contributed by atoms with Gasteiger partial charge in [0.25, 0.3) is 0 Å². The number of carbonyl (C=O) groups excluding carboxylic acids is 2. The van der Waals surface area contributed by atoms with Crippen molar-refractivity contribution in [1.29, 1.82) is 0 Å². The number of carbonyl (C=O) groups is 2. The third-order valence-electron chi connectivity index (χ3n) is 4.36. The van der Waals surface area contributed by atoms with Crippen molar-refractivity contribution in [1.82, 2.24) is 4.90 Å². The van der Waals surface area contributed by atoms with E-state index in [-0.39, 0.29) is 18.2 Å². The average molecular weight is 458 g/mol. The summed E-state index contributed by atoms with van der Waals surface area (Å²) < 4.78 is 5.54. The van der Waals surface area contributed by atoms with Crippen molar-refractivity contribution in [2.45, 2.75) is 25.0 Å². The molecule has 0 aromatic heterocycles. The van der Waals surface area contributed by atoms with Gasteiger partial charge in [0, 0.05) is 23.7 Å². The first-order valence-electron chi connectivity index (χ1n) is 9.96. The van der Waals surface area contributed by atoms with Crippen molar-refractivity contribution in [2.75, 3.05) is 18.5 Å². The number of amidine groups is 1. The van der Waals surface area contributed by atoms with Crippen molar-refractivity contribution >= 4 is 51.7 Å². The lowest BCUT2D eigenvalue weighted by atomic mass is 10.2. The van der Waals surface area contributed by atoms with Gasteiger partial charge in [0.2, 0.25) is 11.8 Å². The molecule has 3 rings (SSSR count). The minimum absolute atomic E-state index is 0.0465. The van der Waals surface area contributed by atoms with E-state index >= 15 is 0 Å². The molecule has 2 aromatic rings. The highest BCUT2D eigenvalue weighted by Gasteiger charge is 2.38. The molecule has 0 bridgehead atoms. The number of amides is 2. The minimum Gasteiger partial charge on any atom is -0.494 e. The predicted octanol–water partition coefficient (Wildman–Crippen LogP) is 5.28. The molecule has 8 heteroatoms. The highest BCUT2D eigenvalue weighted by molar-refractivity contribution is 8.15. The summed E-state index contributed by atoms with van der Waals surface area (Å²) in [6.45, 7) is 6.73. The van der Waals surface area contributed by atoms with E-state index in [9.17, 15) is 9.59 Å². The van der Waals surface area contributed by atoms with E-state index in [1.807, 2.05) is 19.1 Å². The van der Waals surface area contributed by atoms with Crippen LogP contribution in [0.3, 0.4) is 0 Å². The zero-order valence-corrected chi connectivity index (χ0v) is 18.8. The van der Waals surface area contributed by atoms with E-state index in [2.05, 4.69) is 16.9 Å². The first-order valence-corrected chi connectivity index (χ1v) is 11.2. The van der Waals surface area contributed by atoms with Crippen LogP contribution in [-0.4, -0.2) is 40.3 Å². The topological polar surface area (TPSA) is 71.0 Å². The van der Waals surface area contributed by atoms with Gasteiger partial charge in [-0.1, -0.05) is 36.4 Å². The monoisotopic (exact) mass is 457 g/mol. The number of halogens is 1. The Kier molecular flexibility index (Phi) is 8.14. The lowest BCUT2D eigenvalue weighted by Gasteiger charge is -2.14. The highest BCUT2D eigenvalue weighted by Crippen LogP contribution is 2.32. The van der Waals surface area contributed by atoms with Gasteiger partial charge in [-0.3, -0.25) is 14.5 Å². The van der Waals surface area contributed by atoms with Gasteiger partial charge in [0.15, 0.2) is 5.17 Å². The fourth-order valence-corrected chi connectivity index (χ4v) is 4.18. The summed E-state index contributed by atoms with van der Waals surface area (Å²) in [4.78, 5) is 31.5. The van der Waals surface area contributed by atoms with Crippen LogP contribution in [0.15, 0.2) is 66.2 Å². The second-order valence-electron chi connectivity index (χ2n) is 6.84. The maximum Gasteiger partial charge on any atom is 0.242 e. The zero-order chi connectivity index (χ0) is 22.2. The first kappa shape index (κ1) is 22.9. The van der Waals surface area contributed by atoms with E-state index in [0.717, 1.165) is 12.2 Å². The van der Waals surface area contributed by atoms with E-state index in [1.54, 1.807) is 47.4 Å². The Morgan fingerprint density at radius 2 is 1.97 bits per heavy atom. The standard InChI is InChI=1S/C23H24ClN3O3S/c1-3-13-27-22(29)20(31-23(27)26-18-7-5-16(24)6-8-18)15-21(28)25-17-9-11-19(12-10-17)30-14-4-2/h3,5-12,20H,1,4,13-15H2,2H3,(H,25,28)/t20-/m0/s1. The summed E-state index contributed by atoms with van der Waals surface area (Å²) in [5.41, 5.74) is 1.34. The molecular formula is C23H24ClN3O3S. The molecule has 0 radical (unpaired) electrons. The Balaban J connectivity index is 1.65. The Morgan fingerprint density at radius 1 is 1.26 bits per heavy atom. The second-order valence-corrected chi connectivity index (χ2v) is 8.45. The van der Waals surface area contributed by atoms with Gasteiger partial charge in [-0.15, -0.1) is 6.58 Å². The quantitative estimate of drug-likeness (QED) is 0.520. The van der Waals surface area contributed by atoms with Crippen LogP contribution in [0, 0.1) is 0 Å². The summed E-state index contributed by atoms with van der Waals surface area (Å²) in [5, 5.41) is 3.45. The van der Waals surface area contributed by atoms with E-state index in [4.69, 9.17) is 16.3 Å². The third-order valence-corrected chi connectivity index (χ3v) is 5.79. The molecule has 1 atom stereocenters. The summed E-state index contributed by atoms with van der Waals surface area (Å²) >= 11 is 7.21. The predicted molar refractivity (Wildman–Crippen MR) is 127 cm³/mol. The Bertz CT molecular complexity index is 961. The number of thioether (sulfide) groups is 1. The number of hydrogen-bond acceptors (Lipinski definition) is 5. The number of anilines is 1. The molecule has 1 heterocycles. The molecule has 6 nitrogen and oxygen atoms in total. The van der Waals surface area contributed by atoms with Gasteiger partial charge in [0.05, 0.1) is 12.3 Å². The fraction of sp³-hybridized carbons (Fsp3) is 0.261. The minimum atomic E-state index is -0.543. The van der Waals surface area contributed by atoms with Crippen LogP contribution in [0.1, 0.15) is 19.8 Å². The number of ether oxygens (including phenoxy) is 1.